The van der Waals surface area contributed by atoms with Gasteiger partial charge < -0.3 is 10.5 Å². The fourth-order valence-electron chi connectivity index (χ4n) is 1.64. The van der Waals surface area contributed by atoms with E-state index in [1.54, 1.807) is 4.90 Å². The van der Waals surface area contributed by atoms with Gasteiger partial charge in [0.05, 0.1) is 13.2 Å². The standard InChI is InChI=1S/C11H15FN2O/c12-11-8-15-6-5-14(11)7-9-1-3-10(13)4-2-9/h1-4,11H,5-8,13H2. The quantitative estimate of drug-likeness (QED) is 0.592. The third-order valence-electron chi connectivity index (χ3n) is 2.54. The molecule has 1 unspecified atom stereocenters. The minimum atomic E-state index is -0.990. The van der Waals surface area contributed by atoms with Gasteiger partial charge in [-0.2, -0.15) is 0 Å². The van der Waals surface area contributed by atoms with Gasteiger partial charge in [0.2, 0.25) is 0 Å². The Balaban J connectivity index is 1.98. The van der Waals surface area contributed by atoms with Crippen LogP contribution in [0.3, 0.4) is 0 Å². The van der Waals surface area contributed by atoms with Gasteiger partial charge in [0.25, 0.3) is 0 Å². The number of alkyl halides is 1. The van der Waals surface area contributed by atoms with Gasteiger partial charge in [-0.1, -0.05) is 12.1 Å². The molecule has 1 saturated heterocycles. The van der Waals surface area contributed by atoms with E-state index in [0.717, 1.165) is 11.3 Å². The fraction of sp³-hybridized carbons (Fsp3) is 0.455. The molecule has 0 aromatic heterocycles. The summed E-state index contributed by atoms with van der Waals surface area (Å²) in [6, 6.07) is 7.53. The van der Waals surface area contributed by atoms with E-state index in [4.69, 9.17) is 10.5 Å². The van der Waals surface area contributed by atoms with E-state index >= 15 is 0 Å². The first-order valence-corrected chi connectivity index (χ1v) is 5.06. The maximum absolute atomic E-state index is 13.4. The van der Waals surface area contributed by atoms with Gasteiger partial charge in [0.1, 0.15) is 0 Å². The van der Waals surface area contributed by atoms with Crippen LogP contribution in [0.25, 0.3) is 0 Å². The highest BCUT2D eigenvalue weighted by Gasteiger charge is 2.21. The summed E-state index contributed by atoms with van der Waals surface area (Å²) >= 11 is 0. The normalized spacial score (nSPS) is 22.9. The average Bonchev–Trinajstić information content (AvgIpc) is 2.25. The highest BCUT2D eigenvalue weighted by atomic mass is 19.1. The first kappa shape index (κ1) is 10.4. The van der Waals surface area contributed by atoms with Crippen molar-refractivity contribution in [1.29, 1.82) is 0 Å². The lowest BCUT2D eigenvalue weighted by molar-refractivity contribution is -0.0667. The molecule has 1 aliphatic heterocycles. The number of morpholine rings is 1. The zero-order chi connectivity index (χ0) is 10.7. The number of nitrogen functional groups attached to an aromatic ring is 1. The van der Waals surface area contributed by atoms with Crippen LogP contribution in [0.5, 0.6) is 0 Å². The van der Waals surface area contributed by atoms with Crippen LogP contribution >= 0.6 is 0 Å². The molecule has 2 N–H and O–H groups in total. The molecule has 0 aliphatic carbocycles. The maximum atomic E-state index is 13.4. The van der Waals surface area contributed by atoms with Crippen LogP contribution < -0.4 is 5.73 Å². The summed E-state index contributed by atoms with van der Waals surface area (Å²) in [5, 5.41) is 0. The summed E-state index contributed by atoms with van der Waals surface area (Å²) in [5.74, 6) is 0. The Kier molecular flexibility index (Phi) is 3.18. The molecule has 0 spiro atoms. The first-order chi connectivity index (χ1) is 7.25. The summed E-state index contributed by atoms with van der Waals surface area (Å²) in [6.07, 6.45) is -0.990. The third-order valence-corrected chi connectivity index (χ3v) is 2.54. The number of halogens is 1. The second-order valence-corrected chi connectivity index (χ2v) is 3.72. The van der Waals surface area contributed by atoms with Crippen molar-refractivity contribution in [3.05, 3.63) is 29.8 Å². The van der Waals surface area contributed by atoms with Crippen molar-refractivity contribution < 1.29 is 9.13 Å². The van der Waals surface area contributed by atoms with E-state index in [1.807, 2.05) is 24.3 Å². The number of nitrogens with zero attached hydrogens (tertiary/aromatic N) is 1. The van der Waals surface area contributed by atoms with Crippen LogP contribution in [0, 0.1) is 0 Å². The Labute approximate surface area is 88.6 Å². The highest BCUT2D eigenvalue weighted by Crippen LogP contribution is 2.14. The van der Waals surface area contributed by atoms with Crippen LogP contribution in [0.4, 0.5) is 10.1 Å². The molecule has 15 heavy (non-hydrogen) atoms. The third kappa shape index (κ3) is 2.67. The predicted octanol–water partition coefficient (Wildman–Crippen LogP) is 1.40. The van der Waals surface area contributed by atoms with Gasteiger partial charge in [0, 0.05) is 18.8 Å². The molecule has 1 heterocycles. The molecular formula is C11H15FN2O. The van der Waals surface area contributed by atoms with Crippen molar-refractivity contribution in [2.45, 2.75) is 12.8 Å². The molecule has 1 aromatic rings. The lowest BCUT2D eigenvalue weighted by Gasteiger charge is -2.30. The Bertz CT molecular complexity index is 315. The molecule has 2 rings (SSSR count). The Morgan fingerprint density at radius 1 is 1.40 bits per heavy atom. The van der Waals surface area contributed by atoms with Gasteiger partial charge in [-0.3, -0.25) is 4.90 Å². The second-order valence-electron chi connectivity index (χ2n) is 3.72. The lowest BCUT2D eigenvalue weighted by Crippen LogP contribution is -2.42. The number of ether oxygens (including phenoxy) is 1. The molecule has 1 aliphatic rings. The Morgan fingerprint density at radius 2 is 2.13 bits per heavy atom. The zero-order valence-electron chi connectivity index (χ0n) is 8.53. The average molecular weight is 210 g/mol. The van der Waals surface area contributed by atoms with E-state index in [-0.39, 0.29) is 6.61 Å². The van der Waals surface area contributed by atoms with Gasteiger partial charge in [0.15, 0.2) is 6.30 Å². The molecule has 1 aromatic carbocycles. The molecule has 4 heteroatoms. The number of hydrogen-bond acceptors (Lipinski definition) is 3. The minimum Gasteiger partial charge on any atom is -0.399 e. The van der Waals surface area contributed by atoms with Crippen molar-refractivity contribution in [2.24, 2.45) is 0 Å². The van der Waals surface area contributed by atoms with Crippen molar-refractivity contribution in [3.63, 3.8) is 0 Å². The van der Waals surface area contributed by atoms with Crippen molar-refractivity contribution in [3.8, 4) is 0 Å². The highest BCUT2D eigenvalue weighted by molar-refractivity contribution is 5.39. The second kappa shape index (κ2) is 4.59. The fourth-order valence-corrected chi connectivity index (χ4v) is 1.64. The monoisotopic (exact) mass is 210 g/mol. The van der Waals surface area contributed by atoms with E-state index in [9.17, 15) is 4.39 Å². The molecular weight excluding hydrogens is 195 g/mol. The van der Waals surface area contributed by atoms with Crippen LogP contribution in [0.1, 0.15) is 5.56 Å². The largest absolute Gasteiger partial charge is 0.399 e. The molecule has 0 bridgehead atoms. The molecule has 1 atom stereocenters. The van der Waals surface area contributed by atoms with E-state index < -0.39 is 6.30 Å². The van der Waals surface area contributed by atoms with Gasteiger partial charge in [-0.15, -0.1) is 0 Å². The molecule has 0 saturated carbocycles. The SMILES string of the molecule is Nc1ccc(CN2CCOCC2F)cc1. The first-order valence-electron chi connectivity index (χ1n) is 5.06. The summed E-state index contributed by atoms with van der Waals surface area (Å²) in [5.41, 5.74) is 7.39. The summed E-state index contributed by atoms with van der Waals surface area (Å²) in [7, 11) is 0. The van der Waals surface area contributed by atoms with Gasteiger partial charge in [-0.05, 0) is 17.7 Å². The van der Waals surface area contributed by atoms with Crippen LogP contribution in [-0.2, 0) is 11.3 Å². The number of rotatable bonds is 2. The maximum Gasteiger partial charge on any atom is 0.177 e. The lowest BCUT2D eigenvalue weighted by atomic mass is 10.2. The smallest absolute Gasteiger partial charge is 0.177 e. The zero-order valence-corrected chi connectivity index (χ0v) is 8.53. The number of nitrogens with two attached hydrogens (primary N) is 1. The summed E-state index contributed by atoms with van der Waals surface area (Å²) < 4.78 is 18.4. The van der Waals surface area contributed by atoms with E-state index in [0.29, 0.717) is 19.7 Å². The number of benzene rings is 1. The van der Waals surface area contributed by atoms with Crippen LogP contribution in [-0.4, -0.2) is 31.0 Å². The molecule has 1 fully saturated rings. The van der Waals surface area contributed by atoms with Crippen LogP contribution in [0.15, 0.2) is 24.3 Å². The molecule has 82 valence electrons. The van der Waals surface area contributed by atoms with E-state index in [2.05, 4.69) is 0 Å². The molecule has 3 nitrogen and oxygen atoms in total. The van der Waals surface area contributed by atoms with Gasteiger partial charge in [-0.25, -0.2) is 4.39 Å². The summed E-state index contributed by atoms with van der Waals surface area (Å²) in [4.78, 5) is 1.77. The molecule has 0 amide bonds. The topological polar surface area (TPSA) is 38.5 Å². The Morgan fingerprint density at radius 3 is 2.80 bits per heavy atom. The van der Waals surface area contributed by atoms with Crippen LogP contribution in [0.2, 0.25) is 0 Å². The van der Waals surface area contributed by atoms with E-state index in [1.165, 1.54) is 0 Å². The minimum absolute atomic E-state index is 0.176. The van der Waals surface area contributed by atoms with Crippen molar-refractivity contribution in [1.82, 2.24) is 4.90 Å². The van der Waals surface area contributed by atoms with Gasteiger partial charge >= 0.3 is 0 Å². The Hall–Kier alpha value is -1.13. The number of hydrogen-bond donors (Lipinski definition) is 1. The van der Waals surface area contributed by atoms with Crippen molar-refractivity contribution >= 4 is 5.69 Å². The number of anilines is 1. The predicted molar refractivity (Wildman–Crippen MR) is 57.0 cm³/mol. The molecule has 0 radical (unpaired) electrons. The summed E-state index contributed by atoms with van der Waals surface area (Å²) in [6.45, 7) is 2.04. The van der Waals surface area contributed by atoms with Crippen molar-refractivity contribution in [2.75, 3.05) is 25.5 Å².